The van der Waals surface area contributed by atoms with Crippen molar-refractivity contribution < 1.29 is 4.79 Å². The van der Waals surface area contributed by atoms with Crippen LogP contribution in [0.25, 0.3) is 0 Å². The molecule has 1 unspecified atom stereocenters. The van der Waals surface area contributed by atoms with E-state index in [1.807, 2.05) is 31.2 Å². The number of carbonyl (C=O) groups is 1. The molecule has 0 radical (unpaired) electrons. The summed E-state index contributed by atoms with van der Waals surface area (Å²) in [6.45, 7) is 4.84. The number of nitrogens with one attached hydrogen (secondary N) is 2. The Morgan fingerprint density at radius 2 is 2.24 bits per heavy atom. The van der Waals surface area contributed by atoms with Crippen molar-refractivity contribution in [3.63, 3.8) is 0 Å². The highest BCUT2D eigenvalue weighted by atomic mass is 79.9. The number of carbonyl (C=O) groups excluding carboxylic acids is 1. The zero-order chi connectivity index (χ0) is 15.2. The molecule has 7 heteroatoms. The van der Waals surface area contributed by atoms with Gasteiger partial charge in [0, 0.05) is 11.0 Å². The van der Waals surface area contributed by atoms with E-state index in [0.717, 1.165) is 23.0 Å². The highest BCUT2D eigenvalue weighted by Crippen LogP contribution is 2.20. The van der Waals surface area contributed by atoms with E-state index in [2.05, 4.69) is 43.7 Å². The average Bonchev–Trinajstić information content (AvgIpc) is 2.94. The van der Waals surface area contributed by atoms with Gasteiger partial charge in [-0.25, -0.2) is 0 Å². The molecule has 5 nitrogen and oxygen atoms in total. The number of anilines is 1. The van der Waals surface area contributed by atoms with Crippen molar-refractivity contribution in [1.29, 1.82) is 0 Å². The molecule has 0 saturated carbocycles. The van der Waals surface area contributed by atoms with Crippen LogP contribution in [-0.4, -0.2) is 22.6 Å². The fourth-order valence-electron chi connectivity index (χ4n) is 1.74. The van der Waals surface area contributed by atoms with Crippen LogP contribution in [0.1, 0.15) is 41.7 Å². The fraction of sp³-hybridized carbons (Fsp3) is 0.357. The lowest BCUT2D eigenvalue weighted by Crippen LogP contribution is -2.26. The molecule has 1 aromatic carbocycles. The summed E-state index contributed by atoms with van der Waals surface area (Å²) >= 11 is 4.69. The van der Waals surface area contributed by atoms with Crippen LogP contribution in [0.3, 0.4) is 0 Å². The Hall–Kier alpha value is -1.47. The minimum atomic E-state index is -0.204. The normalized spacial score (nSPS) is 12.0. The largest absolute Gasteiger partial charge is 0.360 e. The minimum absolute atomic E-state index is 0.0917. The highest BCUT2D eigenvalue weighted by Gasteiger charge is 2.16. The Kier molecular flexibility index (Phi) is 5.69. The Morgan fingerprint density at radius 3 is 2.95 bits per heavy atom. The van der Waals surface area contributed by atoms with Crippen LogP contribution in [0.2, 0.25) is 0 Å². The van der Waals surface area contributed by atoms with Gasteiger partial charge in [0.15, 0.2) is 0 Å². The van der Waals surface area contributed by atoms with Gasteiger partial charge in [-0.05, 0) is 31.0 Å². The summed E-state index contributed by atoms with van der Waals surface area (Å²) in [6.07, 6.45) is 1.00. The zero-order valence-corrected chi connectivity index (χ0v) is 14.3. The number of halogens is 1. The lowest BCUT2D eigenvalue weighted by Gasteiger charge is -2.13. The molecule has 112 valence electrons. The lowest BCUT2D eigenvalue weighted by molar-refractivity contribution is 0.0939. The lowest BCUT2D eigenvalue weighted by atomic mass is 10.1. The number of aromatic nitrogens is 2. The molecule has 0 aliphatic rings. The van der Waals surface area contributed by atoms with Crippen LogP contribution < -0.4 is 10.6 Å². The first-order valence-electron chi connectivity index (χ1n) is 6.74. The van der Waals surface area contributed by atoms with Crippen molar-refractivity contribution in [2.24, 2.45) is 0 Å². The standard InChI is InChI=1S/C14H17BrN4OS/c1-3-7-16-14-19-18-13(21-14)12(20)17-9(2)10-5-4-6-11(15)8-10/h4-6,8-9H,3,7H2,1-2H3,(H,16,19)(H,17,20). The van der Waals surface area contributed by atoms with E-state index in [-0.39, 0.29) is 11.9 Å². The van der Waals surface area contributed by atoms with Gasteiger partial charge in [-0.2, -0.15) is 0 Å². The quantitative estimate of drug-likeness (QED) is 0.816. The molecule has 0 bridgehead atoms. The molecule has 1 amide bonds. The molecule has 0 aliphatic carbocycles. The van der Waals surface area contributed by atoms with Gasteiger partial charge in [0.1, 0.15) is 0 Å². The van der Waals surface area contributed by atoms with E-state index in [9.17, 15) is 4.79 Å². The Balaban J connectivity index is 1.99. The number of hydrogen-bond donors (Lipinski definition) is 2. The Morgan fingerprint density at radius 1 is 1.43 bits per heavy atom. The number of hydrogen-bond acceptors (Lipinski definition) is 5. The van der Waals surface area contributed by atoms with Gasteiger partial charge in [-0.15, -0.1) is 10.2 Å². The maximum atomic E-state index is 12.2. The molecular weight excluding hydrogens is 352 g/mol. The first-order valence-corrected chi connectivity index (χ1v) is 8.34. The van der Waals surface area contributed by atoms with Crippen LogP contribution in [0.4, 0.5) is 5.13 Å². The van der Waals surface area contributed by atoms with Crippen LogP contribution in [0.5, 0.6) is 0 Å². The van der Waals surface area contributed by atoms with E-state index in [1.165, 1.54) is 11.3 Å². The molecule has 0 spiro atoms. The predicted octanol–water partition coefficient (Wildman–Crippen LogP) is 3.61. The van der Waals surface area contributed by atoms with Crippen molar-refractivity contribution in [1.82, 2.24) is 15.5 Å². The highest BCUT2D eigenvalue weighted by molar-refractivity contribution is 9.10. The van der Waals surface area contributed by atoms with Gasteiger partial charge in [0.05, 0.1) is 6.04 Å². The van der Waals surface area contributed by atoms with E-state index in [0.29, 0.717) is 10.1 Å². The molecule has 2 N–H and O–H groups in total. The van der Waals surface area contributed by atoms with E-state index < -0.39 is 0 Å². The minimum Gasteiger partial charge on any atom is -0.360 e. The van der Waals surface area contributed by atoms with Crippen molar-refractivity contribution in [2.45, 2.75) is 26.3 Å². The second kappa shape index (κ2) is 7.51. The van der Waals surface area contributed by atoms with Gasteiger partial charge >= 0.3 is 0 Å². The van der Waals surface area contributed by atoms with Crippen molar-refractivity contribution >= 4 is 38.3 Å². The molecule has 21 heavy (non-hydrogen) atoms. The van der Waals surface area contributed by atoms with E-state index in [4.69, 9.17) is 0 Å². The van der Waals surface area contributed by atoms with Crippen molar-refractivity contribution in [3.05, 3.63) is 39.3 Å². The third-order valence-corrected chi connectivity index (χ3v) is 4.21. The smallest absolute Gasteiger partial charge is 0.282 e. The van der Waals surface area contributed by atoms with Crippen LogP contribution in [0, 0.1) is 0 Å². The van der Waals surface area contributed by atoms with Gasteiger partial charge in [0.25, 0.3) is 5.91 Å². The van der Waals surface area contributed by atoms with Gasteiger partial charge in [-0.1, -0.05) is 46.3 Å². The molecule has 2 aromatic rings. The number of benzene rings is 1. The summed E-state index contributed by atoms with van der Waals surface area (Å²) in [5.74, 6) is -0.204. The predicted molar refractivity (Wildman–Crippen MR) is 88.7 cm³/mol. The monoisotopic (exact) mass is 368 g/mol. The van der Waals surface area contributed by atoms with Gasteiger partial charge in [0.2, 0.25) is 10.1 Å². The molecule has 1 aromatic heterocycles. The van der Waals surface area contributed by atoms with Crippen molar-refractivity contribution in [3.8, 4) is 0 Å². The summed E-state index contributed by atoms with van der Waals surface area (Å²) in [6, 6.07) is 7.77. The van der Waals surface area contributed by atoms with E-state index in [1.54, 1.807) is 0 Å². The maximum Gasteiger partial charge on any atom is 0.282 e. The molecule has 1 atom stereocenters. The molecule has 0 fully saturated rings. The van der Waals surface area contributed by atoms with Gasteiger partial charge in [-0.3, -0.25) is 4.79 Å². The van der Waals surface area contributed by atoms with E-state index >= 15 is 0 Å². The fourth-order valence-corrected chi connectivity index (χ4v) is 2.83. The maximum absolute atomic E-state index is 12.2. The second-order valence-corrected chi connectivity index (χ2v) is 6.48. The van der Waals surface area contributed by atoms with Crippen LogP contribution >= 0.6 is 27.3 Å². The third kappa shape index (κ3) is 4.50. The zero-order valence-electron chi connectivity index (χ0n) is 11.9. The Bertz CT molecular complexity index is 617. The first-order chi connectivity index (χ1) is 10.1. The number of nitrogens with zero attached hydrogens (tertiary/aromatic N) is 2. The van der Waals surface area contributed by atoms with Crippen LogP contribution in [-0.2, 0) is 0 Å². The van der Waals surface area contributed by atoms with Crippen LogP contribution in [0.15, 0.2) is 28.7 Å². The average molecular weight is 369 g/mol. The number of amides is 1. The number of rotatable bonds is 6. The van der Waals surface area contributed by atoms with Gasteiger partial charge < -0.3 is 10.6 Å². The second-order valence-electron chi connectivity index (χ2n) is 4.59. The topological polar surface area (TPSA) is 66.9 Å². The van der Waals surface area contributed by atoms with Crippen molar-refractivity contribution in [2.75, 3.05) is 11.9 Å². The Labute approximate surface area is 136 Å². The molecule has 1 heterocycles. The SMILES string of the molecule is CCCNc1nnc(C(=O)NC(C)c2cccc(Br)c2)s1. The molecule has 0 saturated heterocycles. The molecule has 2 rings (SSSR count). The molecule has 0 aliphatic heterocycles. The first kappa shape index (κ1) is 15.9. The third-order valence-electron chi connectivity index (χ3n) is 2.84. The summed E-state index contributed by atoms with van der Waals surface area (Å²) in [7, 11) is 0. The summed E-state index contributed by atoms with van der Waals surface area (Å²) < 4.78 is 0.989. The molecular formula is C14H17BrN4OS. The summed E-state index contributed by atoms with van der Waals surface area (Å²) in [5, 5.41) is 15.0. The summed E-state index contributed by atoms with van der Waals surface area (Å²) in [5.41, 5.74) is 1.03. The summed E-state index contributed by atoms with van der Waals surface area (Å²) in [4.78, 5) is 12.2.